The molecule has 1 fully saturated rings. The van der Waals surface area contributed by atoms with Gasteiger partial charge in [0.15, 0.2) is 0 Å². The SMILES string of the molecule is Cc1ccc(C2CC(c3ccccc3)ON2C)cc1. The van der Waals surface area contributed by atoms with Crippen LogP contribution in [-0.4, -0.2) is 12.1 Å². The molecule has 0 aromatic heterocycles. The van der Waals surface area contributed by atoms with Gasteiger partial charge in [0.25, 0.3) is 0 Å². The number of hydrogen-bond donors (Lipinski definition) is 0. The Labute approximate surface area is 114 Å². The van der Waals surface area contributed by atoms with Crippen molar-refractivity contribution < 1.29 is 4.84 Å². The van der Waals surface area contributed by atoms with Gasteiger partial charge in [0.05, 0.1) is 6.04 Å². The number of benzene rings is 2. The van der Waals surface area contributed by atoms with Crippen molar-refractivity contribution in [3.05, 3.63) is 71.3 Å². The number of aryl methyl sites for hydroxylation is 1. The molecular formula is C17H19NO. The lowest BCUT2D eigenvalue weighted by molar-refractivity contribution is -0.146. The van der Waals surface area contributed by atoms with Crippen molar-refractivity contribution in [2.24, 2.45) is 0 Å². The molecule has 0 amide bonds. The van der Waals surface area contributed by atoms with Crippen LogP contribution in [0.2, 0.25) is 0 Å². The molecule has 0 aliphatic carbocycles. The molecule has 2 heteroatoms. The van der Waals surface area contributed by atoms with Crippen molar-refractivity contribution in [2.75, 3.05) is 7.05 Å². The van der Waals surface area contributed by atoms with E-state index in [1.54, 1.807) is 0 Å². The standard InChI is InChI=1S/C17H19NO/c1-13-8-10-14(11-9-13)16-12-17(19-18(16)2)15-6-4-3-5-7-15/h3-11,16-17H,12H2,1-2H3. The van der Waals surface area contributed by atoms with Crippen LogP contribution in [0, 0.1) is 6.92 Å². The van der Waals surface area contributed by atoms with E-state index in [0.717, 1.165) is 6.42 Å². The van der Waals surface area contributed by atoms with E-state index in [1.165, 1.54) is 16.7 Å². The van der Waals surface area contributed by atoms with E-state index in [4.69, 9.17) is 4.84 Å². The first-order valence-corrected chi connectivity index (χ1v) is 6.75. The molecule has 19 heavy (non-hydrogen) atoms. The average Bonchev–Trinajstić information content (AvgIpc) is 2.83. The third-order valence-electron chi connectivity index (χ3n) is 3.80. The predicted molar refractivity (Wildman–Crippen MR) is 76.6 cm³/mol. The molecule has 0 spiro atoms. The maximum atomic E-state index is 5.98. The van der Waals surface area contributed by atoms with Crippen molar-refractivity contribution in [1.29, 1.82) is 0 Å². The van der Waals surface area contributed by atoms with E-state index in [2.05, 4.69) is 55.5 Å². The molecule has 0 saturated carbocycles. The highest BCUT2D eigenvalue weighted by molar-refractivity contribution is 5.26. The third-order valence-corrected chi connectivity index (χ3v) is 3.80. The summed E-state index contributed by atoms with van der Waals surface area (Å²) in [5.41, 5.74) is 3.88. The highest BCUT2D eigenvalue weighted by Gasteiger charge is 2.32. The summed E-state index contributed by atoms with van der Waals surface area (Å²) in [5, 5.41) is 1.99. The van der Waals surface area contributed by atoms with Crippen LogP contribution in [0.5, 0.6) is 0 Å². The molecule has 2 atom stereocenters. The summed E-state index contributed by atoms with van der Waals surface area (Å²) in [7, 11) is 2.02. The number of hydrogen-bond acceptors (Lipinski definition) is 2. The molecule has 1 saturated heterocycles. The molecule has 0 radical (unpaired) electrons. The molecule has 3 rings (SSSR count). The highest BCUT2D eigenvalue weighted by Crippen LogP contribution is 2.40. The van der Waals surface area contributed by atoms with Crippen molar-refractivity contribution >= 4 is 0 Å². The van der Waals surface area contributed by atoms with Crippen LogP contribution in [0.25, 0.3) is 0 Å². The average molecular weight is 253 g/mol. The largest absolute Gasteiger partial charge is 0.291 e. The molecule has 2 aromatic carbocycles. The summed E-state index contributed by atoms with van der Waals surface area (Å²) >= 11 is 0. The molecule has 2 aromatic rings. The topological polar surface area (TPSA) is 12.5 Å². The summed E-state index contributed by atoms with van der Waals surface area (Å²) in [4.78, 5) is 5.98. The summed E-state index contributed by atoms with van der Waals surface area (Å²) in [6.07, 6.45) is 1.17. The Bertz CT molecular complexity index is 535. The Hall–Kier alpha value is -1.64. The summed E-state index contributed by atoms with van der Waals surface area (Å²) in [6, 6.07) is 19.5. The summed E-state index contributed by atoms with van der Waals surface area (Å²) in [5.74, 6) is 0. The molecule has 98 valence electrons. The summed E-state index contributed by atoms with van der Waals surface area (Å²) in [6.45, 7) is 2.12. The van der Waals surface area contributed by atoms with Gasteiger partial charge >= 0.3 is 0 Å². The van der Waals surface area contributed by atoms with E-state index in [9.17, 15) is 0 Å². The lowest BCUT2D eigenvalue weighted by Gasteiger charge is -2.17. The van der Waals surface area contributed by atoms with Crippen LogP contribution in [0.15, 0.2) is 54.6 Å². The highest BCUT2D eigenvalue weighted by atomic mass is 16.7. The zero-order valence-corrected chi connectivity index (χ0v) is 11.4. The second-order valence-electron chi connectivity index (χ2n) is 5.21. The van der Waals surface area contributed by atoms with Gasteiger partial charge in [-0.05, 0) is 18.1 Å². The molecule has 2 unspecified atom stereocenters. The monoisotopic (exact) mass is 253 g/mol. The predicted octanol–water partition coefficient (Wildman–Crippen LogP) is 4.04. The minimum atomic E-state index is 0.164. The van der Waals surface area contributed by atoms with Gasteiger partial charge in [0.1, 0.15) is 6.10 Å². The Balaban J connectivity index is 1.80. The molecular weight excluding hydrogens is 234 g/mol. The molecule has 1 aliphatic rings. The lowest BCUT2D eigenvalue weighted by Crippen LogP contribution is -2.16. The number of nitrogens with zero attached hydrogens (tertiary/aromatic N) is 1. The van der Waals surface area contributed by atoms with Crippen LogP contribution >= 0.6 is 0 Å². The first kappa shape index (κ1) is 12.4. The first-order chi connectivity index (χ1) is 9.24. The minimum Gasteiger partial charge on any atom is -0.291 e. The van der Waals surface area contributed by atoms with Gasteiger partial charge < -0.3 is 0 Å². The fourth-order valence-electron chi connectivity index (χ4n) is 2.67. The normalized spacial score (nSPS) is 23.7. The van der Waals surface area contributed by atoms with Gasteiger partial charge in [0, 0.05) is 13.5 Å². The fraction of sp³-hybridized carbons (Fsp3) is 0.294. The molecule has 1 heterocycles. The van der Waals surface area contributed by atoms with Crippen LogP contribution in [0.3, 0.4) is 0 Å². The van der Waals surface area contributed by atoms with Crippen molar-refractivity contribution in [3.63, 3.8) is 0 Å². The number of rotatable bonds is 2. The molecule has 2 nitrogen and oxygen atoms in total. The third kappa shape index (κ3) is 2.55. The van der Waals surface area contributed by atoms with Gasteiger partial charge in [-0.25, -0.2) is 0 Å². The Morgan fingerprint density at radius 1 is 0.947 bits per heavy atom. The van der Waals surface area contributed by atoms with Gasteiger partial charge in [-0.2, -0.15) is 5.06 Å². The van der Waals surface area contributed by atoms with Crippen LogP contribution in [0.4, 0.5) is 0 Å². The minimum absolute atomic E-state index is 0.164. The first-order valence-electron chi connectivity index (χ1n) is 6.75. The number of hydroxylamine groups is 2. The Morgan fingerprint density at radius 2 is 1.63 bits per heavy atom. The Kier molecular flexibility index (Phi) is 3.36. The van der Waals surface area contributed by atoms with Crippen molar-refractivity contribution in [3.8, 4) is 0 Å². The zero-order chi connectivity index (χ0) is 13.2. The van der Waals surface area contributed by atoms with Crippen molar-refractivity contribution in [2.45, 2.75) is 25.5 Å². The summed E-state index contributed by atoms with van der Waals surface area (Å²) < 4.78 is 0. The van der Waals surface area contributed by atoms with Gasteiger partial charge in [0.2, 0.25) is 0 Å². The molecule has 0 bridgehead atoms. The van der Waals surface area contributed by atoms with Gasteiger partial charge in [-0.1, -0.05) is 60.2 Å². The lowest BCUT2D eigenvalue weighted by atomic mass is 9.97. The van der Waals surface area contributed by atoms with E-state index in [-0.39, 0.29) is 6.10 Å². The Morgan fingerprint density at radius 3 is 2.32 bits per heavy atom. The molecule has 1 aliphatic heterocycles. The fourth-order valence-corrected chi connectivity index (χ4v) is 2.67. The van der Waals surface area contributed by atoms with E-state index in [1.807, 2.05) is 18.2 Å². The molecule has 0 N–H and O–H groups in total. The van der Waals surface area contributed by atoms with Crippen molar-refractivity contribution in [1.82, 2.24) is 5.06 Å². The van der Waals surface area contributed by atoms with Crippen LogP contribution in [0.1, 0.15) is 35.3 Å². The zero-order valence-electron chi connectivity index (χ0n) is 11.4. The second-order valence-corrected chi connectivity index (χ2v) is 5.21. The second kappa shape index (κ2) is 5.16. The maximum Gasteiger partial charge on any atom is 0.106 e. The van der Waals surface area contributed by atoms with Gasteiger partial charge in [-0.3, -0.25) is 4.84 Å². The van der Waals surface area contributed by atoms with E-state index in [0.29, 0.717) is 6.04 Å². The van der Waals surface area contributed by atoms with Crippen LogP contribution in [-0.2, 0) is 4.84 Å². The van der Waals surface area contributed by atoms with E-state index >= 15 is 0 Å². The quantitative estimate of drug-likeness (QED) is 0.800. The maximum absolute atomic E-state index is 5.98. The smallest absolute Gasteiger partial charge is 0.106 e. The van der Waals surface area contributed by atoms with Crippen LogP contribution < -0.4 is 0 Å². The van der Waals surface area contributed by atoms with Gasteiger partial charge in [-0.15, -0.1) is 0 Å². The van der Waals surface area contributed by atoms with E-state index < -0.39 is 0 Å².